The number of hydrogen-bond donors (Lipinski definition) is 1. The van der Waals surface area contributed by atoms with Gasteiger partial charge in [-0.2, -0.15) is 0 Å². The van der Waals surface area contributed by atoms with Gasteiger partial charge in [0.25, 0.3) is 0 Å². The predicted molar refractivity (Wildman–Crippen MR) is 40.4 cm³/mol. The van der Waals surface area contributed by atoms with Crippen LogP contribution in [0, 0.1) is 5.92 Å². The minimum atomic E-state index is -0.716. The quantitative estimate of drug-likeness (QED) is 0.613. The van der Waals surface area contributed by atoms with E-state index < -0.39 is 5.97 Å². The number of carbonyl (C=O) groups is 1. The molecular formula is C8H14O3. The molecule has 0 unspecified atom stereocenters. The first-order valence-electron chi connectivity index (χ1n) is 4.10. The van der Waals surface area contributed by atoms with E-state index in [9.17, 15) is 4.79 Å². The average Bonchev–Trinajstić information content (AvgIpc) is 2.68. The molecule has 0 aromatic heterocycles. The highest BCUT2D eigenvalue weighted by molar-refractivity contribution is 5.74. The molecule has 0 bridgehead atoms. The maximum Gasteiger partial charge on any atom is 0.309 e. The van der Waals surface area contributed by atoms with Crippen molar-refractivity contribution in [2.45, 2.75) is 32.3 Å². The van der Waals surface area contributed by atoms with Crippen LogP contribution in [0.3, 0.4) is 0 Å². The van der Waals surface area contributed by atoms with Gasteiger partial charge in [0.15, 0.2) is 0 Å². The molecular weight excluding hydrogens is 144 g/mol. The predicted octanol–water partition coefficient (Wildman–Crippen LogP) is 1.28. The summed E-state index contributed by atoms with van der Waals surface area (Å²) < 4.78 is 5.29. The van der Waals surface area contributed by atoms with E-state index in [2.05, 4.69) is 6.92 Å². The van der Waals surface area contributed by atoms with Gasteiger partial charge in [0, 0.05) is 6.61 Å². The lowest BCUT2D eigenvalue weighted by atomic mass is 10.4. The van der Waals surface area contributed by atoms with E-state index in [1.807, 2.05) is 0 Å². The third-order valence-electron chi connectivity index (χ3n) is 1.88. The summed E-state index contributed by atoms with van der Waals surface area (Å²) in [6.07, 6.45) is 2.85. The molecule has 64 valence electrons. The molecule has 1 N–H and O–H groups in total. The van der Waals surface area contributed by atoms with Crippen molar-refractivity contribution in [2.75, 3.05) is 6.61 Å². The fourth-order valence-electron chi connectivity index (χ4n) is 0.995. The van der Waals surface area contributed by atoms with Gasteiger partial charge in [0.2, 0.25) is 0 Å². The first-order valence-corrected chi connectivity index (χ1v) is 4.10. The molecule has 1 rings (SSSR count). The van der Waals surface area contributed by atoms with E-state index >= 15 is 0 Å². The van der Waals surface area contributed by atoms with Crippen molar-refractivity contribution in [3.05, 3.63) is 0 Å². The van der Waals surface area contributed by atoms with Crippen molar-refractivity contribution in [3.8, 4) is 0 Å². The van der Waals surface area contributed by atoms with E-state index in [1.54, 1.807) is 0 Å². The van der Waals surface area contributed by atoms with Crippen LogP contribution in [0.2, 0.25) is 0 Å². The molecule has 11 heavy (non-hydrogen) atoms. The minimum Gasteiger partial charge on any atom is -0.481 e. The number of ether oxygens (including phenoxy) is 1. The lowest BCUT2D eigenvalue weighted by molar-refractivity contribution is -0.139. The van der Waals surface area contributed by atoms with Crippen molar-refractivity contribution < 1.29 is 14.6 Å². The number of carboxylic acid groups (broad SMARTS) is 1. The van der Waals surface area contributed by atoms with Crippen LogP contribution in [0.5, 0.6) is 0 Å². The maximum atomic E-state index is 10.3. The van der Waals surface area contributed by atoms with Gasteiger partial charge in [0.1, 0.15) is 0 Å². The summed E-state index contributed by atoms with van der Waals surface area (Å²) in [6, 6.07) is 0. The second-order valence-corrected chi connectivity index (χ2v) is 2.94. The zero-order chi connectivity index (χ0) is 8.27. The van der Waals surface area contributed by atoms with E-state index in [-0.39, 0.29) is 12.0 Å². The fraction of sp³-hybridized carbons (Fsp3) is 0.875. The van der Waals surface area contributed by atoms with Gasteiger partial charge in [-0.25, -0.2) is 0 Å². The topological polar surface area (TPSA) is 46.5 Å². The molecule has 0 aliphatic heterocycles. The molecule has 1 fully saturated rings. The summed E-state index contributed by atoms with van der Waals surface area (Å²) in [5.41, 5.74) is 0. The molecule has 0 aromatic carbocycles. The van der Waals surface area contributed by atoms with E-state index in [4.69, 9.17) is 9.84 Å². The Morgan fingerprint density at radius 3 is 2.91 bits per heavy atom. The Morgan fingerprint density at radius 1 is 1.73 bits per heavy atom. The SMILES string of the molecule is CCCCO[C@H]1C[C@@H]1C(=O)O. The van der Waals surface area contributed by atoms with Gasteiger partial charge < -0.3 is 9.84 Å². The lowest BCUT2D eigenvalue weighted by Gasteiger charge is -1.99. The van der Waals surface area contributed by atoms with E-state index in [1.165, 1.54) is 0 Å². The zero-order valence-corrected chi connectivity index (χ0v) is 6.75. The normalized spacial score (nSPS) is 28.5. The van der Waals surface area contributed by atoms with Crippen LogP contribution in [0.1, 0.15) is 26.2 Å². The first-order chi connectivity index (χ1) is 5.25. The van der Waals surface area contributed by atoms with Crippen LogP contribution >= 0.6 is 0 Å². The standard InChI is InChI=1S/C8H14O3/c1-2-3-4-11-7-5-6(7)8(9)10/h6-7H,2-5H2,1H3,(H,9,10)/t6-,7-/m0/s1. The molecule has 1 saturated carbocycles. The van der Waals surface area contributed by atoms with E-state index in [0.717, 1.165) is 12.8 Å². The third-order valence-corrected chi connectivity index (χ3v) is 1.88. The Balaban J connectivity index is 2.00. The third kappa shape index (κ3) is 2.50. The monoisotopic (exact) mass is 158 g/mol. The number of rotatable bonds is 5. The summed E-state index contributed by atoms with van der Waals surface area (Å²) >= 11 is 0. The van der Waals surface area contributed by atoms with Crippen LogP contribution in [-0.4, -0.2) is 23.8 Å². The molecule has 3 heteroatoms. The highest BCUT2D eigenvalue weighted by Gasteiger charge is 2.44. The first kappa shape index (κ1) is 8.53. The number of carboxylic acids is 1. The molecule has 1 aliphatic carbocycles. The van der Waals surface area contributed by atoms with Gasteiger partial charge in [-0.15, -0.1) is 0 Å². The number of unbranched alkanes of at least 4 members (excludes halogenated alkanes) is 1. The van der Waals surface area contributed by atoms with E-state index in [0.29, 0.717) is 13.0 Å². The lowest BCUT2D eigenvalue weighted by Crippen LogP contribution is -2.05. The van der Waals surface area contributed by atoms with Crippen LogP contribution in [0.25, 0.3) is 0 Å². The van der Waals surface area contributed by atoms with Gasteiger partial charge in [-0.3, -0.25) is 4.79 Å². The number of aliphatic carboxylic acids is 1. The van der Waals surface area contributed by atoms with Gasteiger partial charge in [0.05, 0.1) is 12.0 Å². The minimum absolute atomic E-state index is 0.0130. The molecule has 0 heterocycles. The molecule has 0 radical (unpaired) electrons. The van der Waals surface area contributed by atoms with Crippen molar-refractivity contribution in [2.24, 2.45) is 5.92 Å². The molecule has 0 saturated heterocycles. The Hall–Kier alpha value is -0.570. The van der Waals surface area contributed by atoms with Gasteiger partial charge >= 0.3 is 5.97 Å². The molecule has 3 nitrogen and oxygen atoms in total. The smallest absolute Gasteiger partial charge is 0.309 e. The Labute approximate surface area is 66.4 Å². The van der Waals surface area contributed by atoms with Crippen LogP contribution in [-0.2, 0) is 9.53 Å². The average molecular weight is 158 g/mol. The van der Waals surface area contributed by atoms with Crippen molar-refractivity contribution >= 4 is 5.97 Å². The Morgan fingerprint density at radius 2 is 2.45 bits per heavy atom. The van der Waals surface area contributed by atoms with Crippen LogP contribution in [0.15, 0.2) is 0 Å². The van der Waals surface area contributed by atoms with Gasteiger partial charge in [-0.1, -0.05) is 13.3 Å². The summed E-state index contributed by atoms with van der Waals surface area (Å²) in [5, 5.41) is 8.50. The fourth-order valence-corrected chi connectivity index (χ4v) is 0.995. The van der Waals surface area contributed by atoms with Crippen molar-refractivity contribution in [1.82, 2.24) is 0 Å². The van der Waals surface area contributed by atoms with Crippen molar-refractivity contribution in [1.29, 1.82) is 0 Å². The highest BCUT2D eigenvalue weighted by atomic mass is 16.5. The van der Waals surface area contributed by atoms with Gasteiger partial charge in [-0.05, 0) is 12.8 Å². The summed E-state index contributed by atoms with van der Waals surface area (Å²) in [4.78, 5) is 10.3. The maximum absolute atomic E-state index is 10.3. The Kier molecular flexibility index (Phi) is 2.88. The summed E-state index contributed by atoms with van der Waals surface area (Å²) in [7, 11) is 0. The molecule has 0 amide bonds. The number of hydrogen-bond acceptors (Lipinski definition) is 2. The Bertz CT molecular complexity index is 144. The highest BCUT2D eigenvalue weighted by Crippen LogP contribution is 2.33. The largest absolute Gasteiger partial charge is 0.481 e. The van der Waals surface area contributed by atoms with Crippen LogP contribution < -0.4 is 0 Å². The summed E-state index contributed by atoms with van der Waals surface area (Å²) in [6.45, 7) is 2.80. The zero-order valence-electron chi connectivity index (χ0n) is 6.75. The molecule has 1 aliphatic rings. The summed E-state index contributed by atoms with van der Waals surface area (Å²) in [5.74, 6) is -0.932. The molecule has 0 aromatic rings. The second-order valence-electron chi connectivity index (χ2n) is 2.94. The second kappa shape index (κ2) is 3.72. The van der Waals surface area contributed by atoms with Crippen LogP contribution in [0.4, 0.5) is 0 Å². The van der Waals surface area contributed by atoms with Crippen molar-refractivity contribution in [3.63, 3.8) is 0 Å². The molecule has 2 atom stereocenters. The molecule has 0 spiro atoms.